The summed E-state index contributed by atoms with van der Waals surface area (Å²) < 4.78 is 23.9. The molecule has 0 aliphatic heterocycles. The zero-order valence-electron chi connectivity index (χ0n) is 8.01. The molecule has 1 amide bonds. The van der Waals surface area contributed by atoms with E-state index in [9.17, 15) is 13.6 Å². The minimum Gasteiger partial charge on any atom is -0.345 e. The third-order valence-electron chi connectivity index (χ3n) is 1.93. The number of benzene rings is 1. The van der Waals surface area contributed by atoms with Crippen LogP contribution in [0.1, 0.15) is 18.5 Å². The highest BCUT2D eigenvalue weighted by molar-refractivity contribution is 6.30. The first-order chi connectivity index (χ1) is 7.00. The van der Waals surface area contributed by atoms with Crippen molar-refractivity contribution in [3.8, 4) is 0 Å². The van der Waals surface area contributed by atoms with Gasteiger partial charge in [-0.3, -0.25) is 4.79 Å². The van der Waals surface area contributed by atoms with Gasteiger partial charge in [-0.25, -0.2) is 0 Å². The SMILES string of the molecule is C[C@@H](NC(=O)C(F)F)c1ccc(Cl)cc1. The van der Waals surface area contributed by atoms with E-state index in [4.69, 9.17) is 11.6 Å². The Balaban J connectivity index is 2.65. The molecule has 2 nitrogen and oxygen atoms in total. The van der Waals surface area contributed by atoms with Crippen molar-refractivity contribution >= 4 is 17.5 Å². The fourth-order valence-electron chi connectivity index (χ4n) is 1.11. The van der Waals surface area contributed by atoms with Crippen molar-refractivity contribution in [1.29, 1.82) is 0 Å². The van der Waals surface area contributed by atoms with Gasteiger partial charge in [0.15, 0.2) is 0 Å². The van der Waals surface area contributed by atoms with E-state index in [0.29, 0.717) is 5.02 Å². The van der Waals surface area contributed by atoms with E-state index < -0.39 is 18.4 Å². The zero-order chi connectivity index (χ0) is 11.4. The molecule has 0 spiro atoms. The van der Waals surface area contributed by atoms with Crippen molar-refractivity contribution in [2.24, 2.45) is 0 Å². The molecular formula is C10H10ClF2NO. The van der Waals surface area contributed by atoms with Crippen LogP contribution in [0, 0.1) is 0 Å². The molecule has 1 rings (SSSR count). The minimum atomic E-state index is -2.99. The van der Waals surface area contributed by atoms with Gasteiger partial charge in [0, 0.05) is 5.02 Å². The summed E-state index contributed by atoms with van der Waals surface area (Å²) in [6.45, 7) is 1.63. The van der Waals surface area contributed by atoms with Crippen LogP contribution in [0.5, 0.6) is 0 Å². The maximum absolute atomic E-state index is 11.9. The number of hydrogen-bond acceptors (Lipinski definition) is 1. The molecule has 0 unspecified atom stereocenters. The Bertz CT molecular complexity index is 340. The summed E-state index contributed by atoms with van der Waals surface area (Å²) in [6, 6.07) is 6.19. The monoisotopic (exact) mass is 233 g/mol. The Morgan fingerprint density at radius 1 is 1.33 bits per heavy atom. The summed E-state index contributed by atoms with van der Waals surface area (Å²) in [7, 11) is 0. The second-order valence-corrected chi connectivity index (χ2v) is 3.52. The molecule has 15 heavy (non-hydrogen) atoms. The summed E-state index contributed by atoms with van der Waals surface area (Å²) in [4.78, 5) is 10.7. The van der Waals surface area contributed by atoms with Gasteiger partial charge in [0.1, 0.15) is 0 Å². The average molecular weight is 234 g/mol. The molecule has 1 atom stereocenters. The second-order valence-electron chi connectivity index (χ2n) is 3.08. The lowest BCUT2D eigenvalue weighted by atomic mass is 10.1. The standard InChI is InChI=1S/C10H10ClF2NO/c1-6(14-10(15)9(12)13)7-2-4-8(11)5-3-7/h2-6,9H,1H3,(H,14,15)/t6-/m1/s1. The van der Waals surface area contributed by atoms with Crippen molar-refractivity contribution in [3.05, 3.63) is 34.9 Å². The van der Waals surface area contributed by atoms with Crippen LogP contribution in [-0.2, 0) is 4.79 Å². The van der Waals surface area contributed by atoms with E-state index in [1.165, 1.54) is 0 Å². The van der Waals surface area contributed by atoms with E-state index in [-0.39, 0.29) is 0 Å². The quantitative estimate of drug-likeness (QED) is 0.855. The molecular weight excluding hydrogens is 224 g/mol. The molecule has 82 valence electrons. The van der Waals surface area contributed by atoms with Crippen LogP contribution in [0.25, 0.3) is 0 Å². The topological polar surface area (TPSA) is 29.1 Å². The van der Waals surface area contributed by atoms with Crippen LogP contribution in [-0.4, -0.2) is 12.3 Å². The highest BCUT2D eigenvalue weighted by Gasteiger charge is 2.17. The van der Waals surface area contributed by atoms with Gasteiger partial charge in [-0.05, 0) is 24.6 Å². The van der Waals surface area contributed by atoms with Crippen molar-refractivity contribution in [2.75, 3.05) is 0 Å². The molecule has 0 saturated heterocycles. The summed E-state index contributed by atoms with van der Waals surface area (Å²) >= 11 is 5.67. The van der Waals surface area contributed by atoms with Crippen LogP contribution in [0.2, 0.25) is 5.02 Å². The number of carbonyl (C=O) groups is 1. The Kier molecular flexibility index (Phi) is 4.03. The average Bonchev–Trinajstić information content (AvgIpc) is 2.18. The van der Waals surface area contributed by atoms with Gasteiger partial charge < -0.3 is 5.32 Å². The van der Waals surface area contributed by atoms with E-state index in [0.717, 1.165) is 5.56 Å². The summed E-state index contributed by atoms with van der Waals surface area (Å²) in [5, 5.41) is 2.74. The molecule has 0 saturated carbocycles. The van der Waals surface area contributed by atoms with E-state index in [2.05, 4.69) is 5.32 Å². The summed E-state index contributed by atoms with van der Waals surface area (Å²) in [5.41, 5.74) is 0.730. The van der Waals surface area contributed by atoms with Crippen molar-refractivity contribution in [3.63, 3.8) is 0 Å². The Hall–Kier alpha value is -1.16. The largest absolute Gasteiger partial charge is 0.345 e. The lowest BCUT2D eigenvalue weighted by molar-refractivity contribution is -0.132. The maximum Gasteiger partial charge on any atom is 0.315 e. The maximum atomic E-state index is 11.9. The third-order valence-corrected chi connectivity index (χ3v) is 2.18. The number of rotatable bonds is 3. The first-order valence-corrected chi connectivity index (χ1v) is 4.72. The highest BCUT2D eigenvalue weighted by atomic mass is 35.5. The molecule has 1 aromatic carbocycles. The lowest BCUT2D eigenvalue weighted by Gasteiger charge is -2.13. The molecule has 5 heteroatoms. The van der Waals surface area contributed by atoms with Crippen molar-refractivity contribution in [2.45, 2.75) is 19.4 Å². The van der Waals surface area contributed by atoms with Gasteiger partial charge in [0.2, 0.25) is 0 Å². The van der Waals surface area contributed by atoms with E-state index >= 15 is 0 Å². The smallest absolute Gasteiger partial charge is 0.315 e. The molecule has 0 radical (unpaired) electrons. The fourth-order valence-corrected chi connectivity index (χ4v) is 1.24. The fraction of sp³-hybridized carbons (Fsp3) is 0.300. The van der Waals surface area contributed by atoms with Crippen LogP contribution in [0.3, 0.4) is 0 Å². The summed E-state index contributed by atoms with van der Waals surface area (Å²) in [6.07, 6.45) is -2.99. The van der Waals surface area contributed by atoms with Gasteiger partial charge in [-0.1, -0.05) is 23.7 Å². The Morgan fingerprint density at radius 2 is 1.87 bits per heavy atom. The molecule has 1 N–H and O–H groups in total. The van der Waals surface area contributed by atoms with Crippen LogP contribution in [0.15, 0.2) is 24.3 Å². The second kappa shape index (κ2) is 5.07. The van der Waals surface area contributed by atoms with E-state index in [1.807, 2.05) is 0 Å². The first kappa shape index (κ1) is 11.9. The Labute approximate surface area is 91.2 Å². The highest BCUT2D eigenvalue weighted by Crippen LogP contribution is 2.16. The van der Waals surface area contributed by atoms with Crippen molar-refractivity contribution in [1.82, 2.24) is 5.32 Å². The molecule has 0 aliphatic rings. The molecule has 0 aromatic heterocycles. The first-order valence-electron chi connectivity index (χ1n) is 4.34. The third kappa shape index (κ3) is 3.47. The van der Waals surface area contributed by atoms with Gasteiger partial charge >= 0.3 is 6.43 Å². The number of amides is 1. The van der Waals surface area contributed by atoms with Gasteiger partial charge in [-0.15, -0.1) is 0 Å². The van der Waals surface area contributed by atoms with Crippen LogP contribution < -0.4 is 5.32 Å². The number of hydrogen-bond donors (Lipinski definition) is 1. The lowest BCUT2D eigenvalue weighted by Crippen LogP contribution is -2.31. The predicted octanol–water partition coefficient (Wildman–Crippen LogP) is 2.78. The van der Waals surface area contributed by atoms with Gasteiger partial charge in [0.05, 0.1) is 6.04 Å². The number of halogens is 3. The normalized spacial score (nSPS) is 12.6. The van der Waals surface area contributed by atoms with Gasteiger partial charge in [-0.2, -0.15) is 8.78 Å². The van der Waals surface area contributed by atoms with Gasteiger partial charge in [0.25, 0.3) is 5.91 Å². The number of alkyl halides is 2. The van der Waals surface area contributed by atoms with Crippen LogP contribution >= 0.6 is 11.6 Å². The minimum absolute atomic E-state index is 0.455. The molecule has 0 heterocycles. The summed E-state index contributed by atoms with van der Waals surface area (Å²) in [5.74, 6) is -1.27. The molecule has 1 aromatic rings. The number of carbonyl (C=O) groups excluding carboxylic acids is 1. The molecule has 0 fully saturated rings. The van der Waals surface area contributed by atoms with Crippen LogP contribution in [0.4, 0.5) is 8.78 Å². The molecule has 0 aliphatic carbocycles. The predicted molar refractivity (Wildman–Crippen MR) is 54.0 cm³/mol. The zero-order valence-corrected chi connectivity index (χ0v) is 8.76. The van der Waals surface area contributed by atoms with E-state index in [1.54, 1.807) is 31.2 Å². The number of nitrogens with one attached hydrogen (secondary N) is 1. The Morgan fingerprint density at radius 3 is 2.33 bits per heavy atom. The van der Waals surface area contributed by atoms with Crippen molar-refractivity contribution < 1.29 is 13.6 Å². The molecule has 0 bridgehead atoms.